The van der Waals surface area contributed by atoms with E-state index in [0.717, 1.165) is 0 Å². The summed E-state index contributed by atoms with van der Waals surface area (Å²) in [6.45, 7) is 22.3. The molecule has 0 unspecified atom stereocenters. The minimum atomic E-state index is 0.194. The third-order valence-corrected chi connectivity index (χ3v) is 4.79. The molecule has 210 valence electrons. The minimum Gasteiger partial charge on any atom is -0.109 e. The summed E-state index contributed by atoms with van der Waals surface area (Å²) in [7, 11) is 0. The van der Waals surface area contributed by atoms with E-state index < -0.39 is 0 Å². The molecule has 0 atom stereocenters. The van der Waals surface area contributed by atoms with Crippen molar-refractivity contribution in [2.45, 2.75) is 198 Å². The van der Waals surface area contributed by atoms with Gasteiger partial charge in [0.25, 0.3) is 0 Å². The van der Waals surface area contributed by atoms with E-state index in [1.807, 2.05) is 0 Å². The van der Waals surface area contributed by atoms with Gasteiger partial charge in [-0.25, -0.2) is 0 Å². The highest BCUT2D eigenvalue weighted by atomic mass is 35.5. The molecule has 0 aromatic rings. The maximum Gasteiger partial charge on any atom is 0.0967 e. The Bertz CT molecular complexity index is 129. The van der Waals surface area contributed by atoms with Gasteiger partial charge < -0.3 is 0 Å². The molecule has 2 heteroatoms. The minimum absolute atomic E-state index is 0.194. The molecule has 0 aromatic heterocycles. The summed E-state index contributed by atoms with van der Waals surface area (Å²) in [6.07, 6.45) is 27.7. The van der Waals surface area contributed by atoms with Crippen molar-refractivity contribution in [1.29, 1.82) is 0 Å². The van der Waals surface area contributed by atoms with Crippen molar-refractivity contribution < 1.29 is 0 Å². The molecule has 0 aromatic carbocycles. The third kappa shape index (κ3) is 126. The van der Waals surface area contributed by atoms with Crippen molar-refractivity contribution in [3.8, 4) is 0 Å². The van der Waals surface area contributed by atoms with Gasteiger partial charge in [-0.2, -0.15) is 0 Å². The van der Waals surface area contributed by atoms with E-state index in [1.54, 1.807) is 0 Å². The first-order valence-electron chi connectivity index (χ1n) is 15.1. The van der Waals surface area contributed by atoms with Gasteiger partial charge in [-0.1, -0.05) is 198 Å². The van der Waals surface area contributed by atoms with Crippen LogP contribution in [0.4, 0.5) is 0 Å². The highest BCUT2D eigenvalue weighted by Crippen LogP contribution is 1.97. The standard InChI is InChI=1S/5C6H14.CH2Cl2/c5*1-3-5-6-4-2;2-1-3/h5*3-6H2,1-2H3;1H2. The third-order valence-electron chi connectivity index (χ3n) is 4.79. The van der Waals surface area contributed by atoms with E-state index in [1.165, 1.54) is 128 Å². The molecule has 0 amide bonds. The van der Waals surface area contributed by atoms with Gasteiger partial charge in [0.05, 0.1) is 5.34 Å². The lowest BCUT2D eigenvalue weighted by Gasteiger charge is -1.86. The van der Waals surface area contributed by atoms with Gasteiger partial charge in [-0.05, 0) is 0 Å². The molecular weight excluding hydrogens is 443 g/mol. The van der Waals surface area contributed by atoms with Gasteiger partial charge in [-0.15, -0.1) is 23.2 Å². The van der Waals surface area contributed by atoms with Gasteiger partial charge in [-0.3, -0.25) is 0 Å². The van der Waals surface area contributed by atoms with E-state index in [4.69, 9.17) is 23.2 Å². The van der Waals surface area contributed by atoms with E-state index in [0.29, 0.717) is 0 Å². The smallest absolute Gasteiger partial charge is 0.0967 e. The molecule has 0 nitrogen and oxygen atoms in total. The Morgan fingerprint density at radius 2 is 0.303 bits per heavy atom. The molecule has 33 heavy (non-hydrogen) atoms. The van der Waals surface area contributed by atoms with Crippen molar-refractivity contribution in [3.63, 3.8) is 0 Å². The van der Waals surface area contributed by atoms with Gasteiger partial charge in [0.1, 0.15) is 0 Å². The Morgan fingerprint density at radius 3 is 0.333 bits per heavy atom. The summed E-state index contributed by atoms with van der Waals surface area (Å²) in [5.74, 6) is 0. The normalized spacial score (nSPS) is 8.73. The first-order valence-corrected chi connectivity index (χ1v) is 16.2. The average Bonchev–Trinajstić information content (AvgIpc) is 2.84. The van der Waals surface area contributed by atoms with Crippen LogP contribution in [-0.4, -0.2) is 5.34 Å². The second kappa shape index (κ2) is 69.8. The van der Waals surface area contributed by atoms with E-state index in [9.17, 15) is 0 Å². The lowest BCUT2D eigenvalue weighted by molar-refractivity contribution is 0.702. The zero-order valence-corrected chi connectivity index (χ0v) is 27.1. The Hall–Kier alpha value is 0.580. The second-order valence-electron chi connectivity index (χ2n) is 8.64. The Kier molecular flexibility index (Phi) is 99.1. The van der Waals surface area contributed by atoms with Crippen LogP contribution >= 0.6 is 23.2 Å². The van der Waals surface area contributed by atoms with Crippen LogP contribution in [0.15, 0.2) is 0 Å². The van der Waals surface area contributed by atoms with Gasteiger partial charge in [0.15, 0.2) is 0 Å². The average molecular weight is 516 g/mol. The maximum atomic E-state index is 4.76. The molecule has 0 heterocycles. The predicted molar refractivity (Wildman–Crippen MR) is 166 cm³/mol. The highest BCUT2D eigenvalue weighted by Gasteiger charge is 1.77. The molecule has 0 rings (SSSR count). The van der Waals surface area contributed by atoms with Gasteiger partial charge in [0, 0.05) is 0 Å². The van der Waals surface area contributed by atoms with Crippen LogP contribution in [-0.2, 0) is 0 Å². The van der Waals surface area contributed by atoms with Crippen LogP contribution in [0.3, 0.4) is 0 Å². The first kappa shape index (κ1) is 46.9. The molecule has 0 fully saturated rings. The lowest BCUT2D eigenvalue weighted by atomic mass is 10.2. The van der Waals surface area contributed by atoms with Crippen molar-refractivity contribution in [3.05, 3.63) is 0 Å². The van der Waals surface area contributed by atoms with Crippen LogP contribution in [0.25, 0.3) is 0 Å². The fourth-order valence-electron chi connectivity index (χ4n) is 2.50. The Morgan fingerprint density at radius 1 is 0.242 bits per heavy atom. The Balaban J connectivity index is -0.0000000670. The number of unbranched alkanes of at least 4 members (excludes halogenated alkanes) is 15. The topological polar surface area (TPSA) is 0 Å². The summed E-state index contributed by atoms with van der Waals surface area (Å²) in [6, 6.07) is 0. The van der Waals surface area contributed by atoms with Crippen molar-refractivity contribution in [2.24, 2.45) is 0 Å². The van der Waals surface area contributed by atoms with Crippen LogP contribution in [0.5, 0.6) is 0 Å². The van der Waals surface area contributed by atoms with Crippen LogP contribution in [0, 0.1) is 0 Å². The largest absolute Gasteiger partial charge is 0.109 e. The monoisotopic (exact) mass is 515 g/mol. The molecule has 0 aliphatic carbocycles. The van der Waals surface area contributed by atoms with Crippen LogP contribution in [0.2, 0.25) is 0 Å². The van der Waals surface area contributed by atoms with E-state index >= 15 is 0 Å². The molecule has 0 N–H and O–H groups in total. The number of alkyl halides is 2. The summed E-state index contributed by atoms with van der Waals surface area (Å²) >= 11 is 9.53. The van der Waals surface area contributed by atoms with Gasteiger partial charge >= 0.3 is 0 Å². The first-order chi connectivity index (χ1) is 16.0. The van der Waals surface area contributed by atoms with E-state index in [2.05, 4.69) is 69.2 Å². The molecule has 0 saturated carbocycles. The fraction of sp³-hybridized carbons (Fsp3) is 1.00. The fourth-order valence-corrected chi connectivity index (χ4v) is 2.50. The molecule has 0 bridgehead atoms. The summed E-state index contributed by atoms with van der Waals surface area (Å²) < 4.78 is 0. The molecule has 0 aliphatic rings. The zero-order chi connectivity index (χ0) is 26.8. The van der Waals surface area contributed by atoms with E-state index in [-0.39, 0.29) is 5.34 Å². The van der Waals surface area contributed by atoms with Crippen LogP contribution in [0.1, 0.15) is 198 Å². The van der Waals surface area contributed by atoms with Crippen molar-refractivity contribution in [1.82, 2.24) is 0 Å². The second-order valence-corrected chi connectivity index (χ2v) is 9.44. The number of hydrogen-bond donors (Lipinski definition) is 0. The number of rotatable bonds is 15. The predicted octanol–water partition coefficient (Wildman–Crippen LogP) is 14.4. The quantitative estimate of drug-likeness (QED) is 0.150. The molecule has 0 spiro atoms. The highest BCUT2D eigenvalue weighted by molar-refractivity contribution is 6.40. The zero-order valence-electron chi connectivity index (χ0n) is 25.6. The SMILES string of the molecule is CCCCCC.CCCCCC.CCCCCC.CCCCCC.CCCCCC.ClCCl. The molecule has 0 aliphatic heterocycles. The van der Waals surface area contributed by atoms with Crippen molar-refractivity contribution in [2.75, 3.05) is 5.34 Å². The summed E-state index contributed by atoms with van der Waals surface area (Å²) in [5, 5.41) is 0.194. The number of hydrogen-bond acceptors (Lipinski definition) is 0. The summed E-state index contributed by atoms with van der Waals surface area (Å²) in [5.41, 5.74) is 0. The molecular formula is C31H72Cl2. The maximum absolute atomic E-state index is 4.76. The van der Waals surface area contributed by atoms with Crippen LogP contribution < -0.4 is 0 Å². The molecule has 0 saturated heterocycles. The van der Waals surface area contributed by atoms with Crippen molar-refractivity contribution >= 4 is 23.2 Å². The Labute approximate surface area is 225 Å². The molecule has 0 radical (unpaired) electrons. The lowest BCUT2D eigenvalue weighted by Crippen LogP contribution is -1.66. The number of halogens is 2. The van der Waals surface area contributed by atoms with Gasteiger partial charge in [0.2, 0.25) is 0 Å². The summed E-state index contributed by atoms with van der Waals surface area (Å²) in [4.78, 5) is 0.